The van der Waals surface area contributed by atoms with E-state index in [9.17, 15) is 14.7 Å². The van der Waals surface area contributed by atoms with E-state index < -0.39 is 11.5 Å². The van der Waals surface area contributed by atoms with E-state index in [1.165, 1.54) is 6.92 Å². The molecule has 0 bridgehead atoms. The van der Waals surface area contributed by atoms with Crippen molar-refractivity contribution in [3.8, 4) is 0 Å². The third-order valence-electron chi connectivity index (χ3n) is 3.20. The van der Waals surface area contributed by atoms with Crippen molar-refractivity contribution >= 4 is 11.9 Å². The zero-order valence-electron chi connectivity index (χ0n) is 13.0. The molecule has 1 amide bonds. The number of carbonyl (C=O) groups excluding carboxylic acids is 1. The van der Waals surface area contributed by atoms with Gasteiger partial charge in [0.1, 0.15) is 5.54 Å². The standard InChI is InChI=1S/C14H23N3O4/c1-5-8-14(4,13(19)20)16-10(18)6-7-11-15-12(9(2)3)17-21-11/h9H,5-8H2,1-4H3,(H,16,18)(H,19,20). The molecular weight excluding hydrogens is 274 g/mol. The second-order valence-electron chi connectivity index (χ2n) is 5.64. The fourth-order valence-electron chi connectivity index (χ4n) is 1.92. The first-order chi connectivity index (χ1) is 9.78. The highest BCUT2D eigenvalue weighted by Gasteiger charge is 2.33. The molecule has 1 atom stereocenters. The molecule has 0 aliphatic carbocycles. The van der Waals surface area contributed by atoms with Crippen LogP contribution in [-0.4, -0.2) is 32.7 Å². The zero-order valence-corrected chi connectivity index (χ0v) is 13.0. The van der Waals surface area contributed by atoms with Crippen LogP contribution in [0.4, 0.5) is 0 Å². The van der Waals surface area contributed by atoms with Gasteiger partial charge in [-0.2, -0.15) is 4.98 Å². The molecule has 21 heavy (non-hydrogen) atoms. The lowest BCUT2D eigenvalue weighted by molar-refractivity contribution is -0.147. The molecule has 1 unspecified atom stereocenters. The average Bonchev–Trinajstić information content (AvgIpc) is 2.85. The largest absolute Gasteiger partial charge is 0.480 e. The normalized spacial score (nSPS) is 14.0. The summed E-state index contributed by atoms with van der Waals surface area (Å²) in [6, 6.07) is 0. The Labute approximate surface area is 124 Å². The number of hydrogen-bond acceptors (Lipinski definition) is 5. The molecular formula is C14H23N3O4. The van der Waals surface area contributed by atoms with E-state index in [4.69, 9.17) is 4.52 Å². The van der Waals surface area contributed by atoms with Crippen LogP contribution in [0.1, 0.15) is 64.6 Å². The minimum atomic E-state index is -1.23. The van der Waals surface area contributed by atoms with Gasteiger partial charge in [-0.3, -0.25) is 4.79 Å². The summed E-state index contributed by atoms with van der Waals surface area (Å²) in [5.74, 6) is -0.209. The molecule has 0 aromatic carbocycles. The number of carbonyl (C=O) groups is 2. The van der Waals surface area contributed by atoms with E-state index in [0.717, 1.165) is 0 Å². The van der Waals surface area contributed by atoms with Gasteiger partial charge in [-0.1, -0.05) is 32.3 Å². The Kier molecular flexibility index (Phi) is 5.87. The number of rotatable bonds is 8. The van der Waals surface area contributed by atoms with Crippen LogP contribution in [0.2, 0.25) is 0 Å². The summed E-state index contributed by atoms with van der Waals surface area (Å²) >= 11 is 0. The molecule has 1 heterocycles. The molecule has 0 saturated heterocycles. The summed E-state index contributed by atoms with van der Waals surface area (Å²) < 4.78 is 5.04. The van der Waals surface area contributed by atoms with Crippen LogP contribution < -0.4 is 5.32 Å². The zero-order chi connectivity index (χ0) is 16.0. The number of carboxylic acids is 1. The molecule has 0 radical (unpaired) electrons. The monoisotopic (exact) mass is 297 g/mol. The molecule has 0 saturated carbocycles. The summed E-state index contributed by atoms with van der Waals surface area (Å²) in [6.45, 7) is 7.29. The second kappa shape index (κ2) is 7.19. The van der Waals surface area contributed by atoms with Gasteiger partial charge < -0.3 is 14.9 Å². The first kappa shape index (κ1) is 17.1. The molecule has 7 heteroatoms. The molecule has 1 aromatic rings. The van der Waals surface area contributed by atoms with Crippen LogP contribution >= 0.6 is 0 Å². The van der Waals surface area contributed by atoms with E-state index in [-0.39, 0.29) is 18.2 Å². The van der Waals surface area contributed by atoms with Crippen LogP contribution in [0.15, 0.2) is 4.52 Å². The summed E-state index contributed by atoms with van der Waals surface area (Å²) in [5, 5.41) is 15.6. The maximum atomic E-state index is 11.9. The fraction of sp³-hybridized carbons (Fsp3) is 0.714. The molecule has 1 rings (SSSR count). The summed E-state index contributed by atoms with van der Waals surface area (Å²) in [6.07, 6.45) is 1.47. The van der Waals surface area contributed by atoms with Gasteiger partial charge in [-0.05, 0) is 13.3 Å². The predicted octanol–water partition coefficient (Wildman–Crippen LogP) is 1.89. The van der Waals surface area contributed by atoms with Crippen LogP contribution in [-0.2, 0) is 16.0 Å². The molecule has 0 aliphatic heterocycles. The Hall–Kier alpha value is -1.92. The summed E-state index contributed by atoms with van der Waals surface area (Å²) in [4.78, 5) is 27.3. The van der Waals surface area contributed by atoms with Crippen molar-refractivity contribution in [2.45, 2.75) is 64.8 Å². The van der Waals surface area contributed by atoms with E-state index in [1.54, 1.807) is 0 Å². The van der Waals surface area contributed by atoms with Crippen molar-refractivity contribution < 1.29 is 19.2 Å². The minimum Gasteiger partial charge on any atom is -0.480 e. The van der Waals surface area contributed by atoms with Crippen LogP contribution in [0.5, 0.6) is 0 Å². The molecule has 0 fully saturated rings. The molecule has 1 aromatic heterocycles. The molecule has 118 valence electrons. The van der Waals surface area contributed by atoms with Crippen molar-refractivity contribution in [1.29, 1.82) is 0 Å². The van der Waals surface area contributed by atoms with Gasteiger partial charge in [0.15, 0.2) is 5.82 Å². The quantitative estimate of drug-likeness (QED) is 0.759. The smallest absolute Gasteiger partial charge is 0.329 e. The maximum absolute atomic E-state index is 11.9. The van der Waals surface area contributed by atoms with Gasteiger partial charge in [-0.25, -0.2) is 4.79 Å². The van der Waals surface area contributed by atoms with Gasteiger partial charge in [0.25, 0.3) is 0 Å². The topological polar surface area (TPSA) is 105 Å². The lowest BCUT2D eigenvalue weighted by Crippen LogP contribution is -2.52. The highest BCUT2D eigenvalue weighted by atomic mass is 16.5. The second-order valence-corrected chi connectivity index (χ2v) is 5.64. The van der Waals surface area contributed by atoms with Crippen molar-refractivity contribution in [1.82, 2.24) is 15.5 Å². The third kappa shape index (κ3) is 4.84. The van der Waals surface area contributed by atoms with E-state index in [0.29, 0.717) is 31.0 Å². The third-order valence-corrected chi connectivity index (χ3v) is 3.20. The number of carboxylic acid groups (broad SMARTS) is 1. The molecule has 2 N–H and O–H groups in total. The Bertz CT molecular complexity index is 498. The SMILES string of the molecule is CCCC(C)(NC(=O)CCc1nc(C(C)C)no1)C(=O)O. The fourth-order valence-corrected chi connectivity index (χ4v) is 1.92. The van der Waals surface area contributed by atoms with Crippen LogP contribution in [0, 0.1) is 0 Å². The number of aliphatic carboxylic acids is 1. The van der Waals surface area contributed by atoms with Crippen molar-refractivity contribution in [2.24, 2.45) is 0 Å². The number of aromatic nitrogens is 2. The van der Waals surface area contributed by atoms with Gasteiger partial charge in [0.05, 0.1) is 0 Å². The lowest BCUT2D eigenvalue weighted by Gasteiger charge is -2.25. The van der Waals surface area contributed by atoms with E-state index in [1.807, 2.05) is 20.8 Å². The summed E-state index contributed by atoms with van der Waals surface area (Å²) in [7, 11) is 0. The van der Waals surface area contributed by atoms with Gasteiger partial charge >= 0.3 is 5.97 Å². The van der Waals surface area contributed by atoms with Gasteiger partial charge in [-0.15, -0.1) is 0 Å². The van der Waals surface area contributed by atoms with Crippen LogP contribution in [0.25, 0.3) is 0 Å². The highest BCUT2D eigenvalue weighted by molar-refractivity contribution is 5.86. The first-order valence-electron chi connectivity index (χ1n) is 7.15. The highest BCUT2D eigenvalue weighted by Crippen LogP contribution is 2.14. The average molecular weight is 297 g/mol. The molecule has 7 nitrogen and oxygen atoms in total. The number of nitrogens with one attached hydrogen (secondary N) is 1. The van der Waals surface area contributed by atoms with Gasteiger partial charge in [0, 0.05) is 18.8 Å². The number of nitrogens with zero attached hydrogens (tertiary/aromatic N) is 2. The number of aryl methyl sites for hydroxylation is 1. The maximum Gasteiger partial charge on any atom is 0.329 e. The van der Waals surface area contributed by atoms with Crippen molar-refractivity contribution in [3.05, 3.63) is 11.7 Å². The summed E-state index contributed by atoms with van der Waals surface area (Å²) in [5.41, 5.74) is -1.23. The van der Waals surface area contributed by atoms with Crippen molar-refractivity contribution in [2.75, 3.05) is 0 Å². The Balaban J connectivity index is 2.54. The van der Waals surface area contributed by atoms with Crippen molar-refractivity contribution in [3.63, 3.8) is 0 Å². The molecule has 0 aliphatic rings. The Morgan fingerprint density at radius 1 is 1.43 bits per heavy atom. The minimum absolute atomic E-state index is 0.117. The molecule has 0 spiro atoms. The number of hydrogen-bond donors (Lipinski definition) is 2. The Morgan fingerprint density at radius 3 is 2.57 bits per heavy atom. The van der Waals surface area contributed by atoms with E-state index >= 15 is 0 Å². The Morgan fingerprint density at radius 2 is 2.10 bits per heavy atom. The van der Waals surface area contributed by atoms with Crippen LogP contribution in [0.3, 0.4) is 0 Å². The first-order valence-corrected chi connectivity index (χ1v) is 7.15. The van der Waals surface area contributed by atoms with Gasteiger partial charge in [0.2, 0.25) is 11.8 Å². The number of amides is 1. The lowest BCUT2D eigenvalue weighted by atomic mass is 9.96. The predicted molar refractivity (Wildman–Crippen MR) is 75.8 cm³/mol. The van der Waals surface area contributed by atoms with E-state index in [2.05, 4.69) is 15.5 Å².